The number of non-ortho nitro benzene ring substituents is 2. The van der Waals surface area contributed by atoms with E-state index in [1.54, 1.807) is 0 Å². The highest BCUT2D eigenvalue weighted by molar-refractivity contribution is 6.11. The molecular formula is C23H17FN4O7. The lowest BCUT2D eigenvalue weighted by molar-refractivity contribution is -0.385. The van der Waals surface area contributed by atoms with E-state index in [-0.39, 0.29) is 39.6 Å². The van der Waals surface area contributed by atoms with Gasteiger partial charge < -0.3 is 15.4 Å². The Hall–Kier alpha value is -5.13. The van der Waals surface area contributed by atoms with Crippen LogP contribution in [0.2, 0.25) is 0 Å². The summed E-state index contributed by atoms with van der Waals surface area (Å²) in [6.07, 6.45) is 1.17. The van der Waals surface area contributed by atoms with Crippen LogP contribution in [0.4, 0.5) is 21.5 Å². The summed E-state index contributed by atoms with van der Waals surface area (Å²) in [4.78, 5) is 46.5. The van der Waals surface area contributed by atoms with E-state index in [4.69, 9.17) is 4.74 Å². The number of rotatable bonds is 8. The van der Waals surface area contributed by atoms with Gasteiger partial charge in [-0.05, 0) is 29.8 Å². The lowest BCUT2D eigenvalue weighted by Crippen LogP contribution is -2.31. The third kappa shape index (κ3) is 6.01. The Morgan fingerprint density at radius 3 is 2.29 bits per heavy atom. The molecule has 11 nitrogen and oxygen atoms in total. The minimum atomic E-state index is -0.939. The van der Waals surface area contributed by atoms with Gasteiger partial charge in [0.05, 0.1) is 34.3 Å². The van der Waals surface area contributed by atoms with Crippen molar-refractivity contribution in [2.45, 2.75) is 0 Å². The highest BCUT2D eigenvalue weighted by Crippen LogP contribution is 2.29. The monoisotopic (exact) mass is 480 g/mol. The van der Waals surface area contributed by atoms with E-state index in [0.29, 0.717) is 0 Å². The number of nitro groups is 2. The number of methoxy groups -OCH3 is 1. The molecule has 3 aromatic rings. The molecule has 3 aromatic carbocycles. The van der Waals surface area contributed by atoms with Crippen LogP contribution >= 0.6 is 0 Å². The second-order valence-electron chi connectivity index (χ2n) is 6.94. The summed E-state index contributed by atoms with van der Waals surface area (Å²) in [5, 5.41) is 26.9. The summed E-state index contributed by atoms with van der Waals surface area (Å²) in [6.45, 7) is 0. The Bertz CT molecular complexity index is 1360. The number of hydrogen-bond donors (Lipinski definition) is 2. The van der Waals surface area contributed by atoms with Crippen LogP contribution in [-0.2, 0) is 4.79 Å². The first-order valence-corrected chi connectivity index (χ1v) is 9.85. The fourth-order valence-electron chi connectivity index (χ4n) is 2.97. The van der Waals surface area contributed by atoms with Gasteiger partial charge in [-0.1, -0.05) is 24.3 Å². The van der Waals surface area contributed by atoms with Crippen molar-refractivity contribution in [2.75, 3.05) is 12.4 Å². The van der Waals surface area contributed by atoms with Gasteiger partial charge in [0.15, 0.2) is 0 Å². The van der Waals surface area contributed by atoms with Gasteiger partial charge in [0.25, 0.3) is 23.2 Å². The Kier molecular flexibility index (Phi) is 7.46. The molecule has 0 radical (unpaired) electrons. The molecule has 0 spiro atoms. The molecule has 0 heterocycles. The van der Waals surface area contributed by atoms with Gasteiger partial charge in [0.1, 0.15) is 17.3 Å². The summed E-state index contributed by atoms with van der Waals surface area (Å²) in [5.74, 6) is -2.68. The SMILES string of the molecule is COc1cc([N+](=O)[O-])ccc1NC(=O)/C(=C/c1cccc([N+](=O)[O-])c1)NC(=O)c1ccccc1F. The van der Waals surface area contributed by atoms with Gasteiger partial charge in [-0.2, -0.15) is 0 Å². The highest BCUT2D eigenvalue weighted by Gasteiger charge is 2.20. The molecule has 3 rings (SSSR count). The molecule has 0 atom stereocenters. The average molecular weight is 480 g/mol. The fourth-order valence-corrected chi connectivity index (χ4v) is 2.97. The summed E-state index contributed by atoms with van der Waals surface area (Å²) in [5.41, 5.74) is -0.990. The first kappa shape index (κ1) is 24.5. The van der Waals surface area contributed by atoms with Crippen LogP contribution in [0, 0.1) is 26.0 Å². The van der Waals surface area contributed by atoms with Crippen LogP contribution in [0.5, 0.6) is 5.75 Å². The fraction of sp³-hybridized carbons (Fsp3) is 0.0435. The molecule has 0 aliphatic rings. The van der Waals surface area contributed by atoms with Crippen LogP contribution in [-0.4, -0.2) is 28.8 Å². The zero-order valence-electron chi connectivity index (χ0n) is 18.1. The van der Waals surface area contributed by atoms with E-state index in [1.807, 2.05) is 0 Å². The lowest BCUT2D eigenvalue weighted by atomic mass is 10.1. The quantitative estimate of drug-likeness (QED) is 0.280. The van der Waals surface area contributed by atoms with E-state index in [9.17, 15) is 34.2 Å². The normalized spacial score (nSPS) is 10.9. The summed E-state index contributed by atoms with van der Waals surface area (Å²) < 4.78 is 19.2. The largest absolute Gasteiger partial charge is 0.494 e. The first-order chi connectivity index (χ1) is 16.7. The maximum atomic E-state index is 14.1. The number of amides is 2. The van der Waals surface area contributed by atoms with Crippen molar-refractivity contribution < 1.29 is 28.6 Å². The maximum absolute atomic E-state index is 14.1. The number of halogens is 1. The van der Waals surface area contributed by atoms with Gasteiger partial charge in [-0.25, -0.2) is 4.39 Å². The number of nitrogens with zero attached hydrogens (tertiary/aromatic N) is 2. The highest BCUT2D eigenvalue weighted by atomic mass is 19.1. The van der Waals surface area contributed by atoms with E-state index < -0.39 is 27.5 Å². The molecule has 0 bridgehead atoms. The van der Waals surface area contributed by atoms with Gasteiger partial charge in [0.2, 0.25) is 0 Å². The second kappa shape index (κ2) is 10.7. The van der Waals surface area contributed by atoms with Crippen molar-refractivity contribution in [3.8, 4) is 5.75 Å². The van der Waals surface area contributed by atoms with E-state index in [1.165, 1.54) is 61.7 Å². The maximum Gasteiger partial charge on any atom is 0.273 e. The summed E-state index contributed by atoms with van der Waals surface area (Å²) in [6, 6.07) is 13.8. The predicted molar refractivity (Wildman–Crippen MR) is 123 cm³/mol. The minimum absolute atomic E-state index is 0.0253. The molecule has 0 aliphatic carbocycles. The summed E-state index contributed by atoms with van der Waals surface area (Å²) in [7, 11) is 1.24. The first-order valence-electron chi connectivity index (χ1n) is 9.85. The zero-order valence-corrected chi connectivity index (χ0v) is 18.1. The molecule has 2 N–H and O–H groups in total. The standard InChI is InChI=1S/C23H17FN4O7/c1-35-21-13-16(28(33)34)9-10-19(21)25-23(30)20(12-14-5-4-6-15(11-14)27(31)32)26-22(29)17-7-2-3-8-18(17)24/h2-13H,1H3,(H,25,30)(H,26,29)/b20-12-. The number of carbonyl (C=O) groups is 2. The Balaban J connectivity index is 1.99. The van der Waals surface area contributed by atoms with E-state index in [0.717, 1.165) is 18.2 Å². The molecule has 0 aromatic heterocycles. The summed E-state index contributed by atoms with van der Waals surface area (Å²) >= 11 is 0. The zero-order chi connectivity index (χ0) is 25.5. The van der Waals surface area contributed by atoms with Gasteiger partial charge >= 0.3 is 0 Å². The number of benzene rings is 3. The molecule has 0 unspecified atom stereocenters. The molecule has 35 heavy (non-hydrogen) atoms. The van der Waals surface area contributed by atoms with Crippen molar-refractivity contribution in [2.24, 2.45) is 0 Å². The van der Waals surface area contributed by atoms with Crippen LogP contribution in [0.1, 0.15) is 15.9 Å². The number of hydrogen-bond acceptors (Lipinski definition) is 7. The number of nitro benzene ring substituents is 2. The van der Waals surface area contributed by atoms with Crippen molar-refractivity contribution >= 4 is 35.0 Å². The predicted octanol–water partition coefficient (Wildman–Crippen LogP) is 4.06. The van der Waals surface area contributed by atoms with E-state index in [2.05, 4.69) is 10.6 Å². The smallest absolute Gasteiger partial charge is 0.273 e. The third-order valence-corrected chi connectivity index (χ3v) is 4.65. The third-order valence-electron chi connectivity index (χ3n) is 4.65. The van der Waals surface area contributed by atoms with Gasteiger partial charge in [-0.3, -0.25) is 29.8 Å². The van der Waals surface area contributed by atoms with Crippen LogP contribution < -0.4 is 15.4 Å². The lowest BCUT2D eigenvalue weighted by Gasteiger charge is -2.13. The molecule has 12 heteroatoms. The van der Waals surface area contributed by atoms with E-state index >= 15 is 0 Å². The molecule has 0 saturated heterocycles. The van der Waals surface area contributed by atoms with Crippen LogP contribution in [0.25, 0.3) is 6.08 Å². The Morgan fingerprint density at radius 2 is 1.63 bits per heavy atom. The van der Waals surface area contributed by atoms with Crippen molar-refractivity contribution in [3.63, 3.8) is 0 Å². The topological polar surface area (TPSA) is 154 Å². The molecule has 0 fully saturated rings. The molecule has 2 amide bonds. The minimum Gasteiger partial charge on any atom is -0.494 e. The molecule has 178 valence electrons. The Labute approximate surface area is 197 Å². The van der Waals surface area contributed by atoms with Crippen molar-refractivity contribution in [1.82, 2.24) is 5.32 Å². The number of anilines is 1. The molecule has 0 saturated carbocycles. The molecule has 0 aliphatic heterocycles. The number of carbonyl (C=O) groups excluding carboxylic acids is 2. The number of nitrogens with one attached hydrogen (secondary N) is 2. The van der Waals surface area contributed by atoms with Crippen molar-refractivity contribution in [1.29, 1.82) is 0 Å². The van der Waals surface area contributed by atoms with Crippen LogP contribution in [0.15, 0.2) is 72.4 Å². The van der Waals surface area contributed by atoms with Gasteiger partial charge in [0, 0.05) is 18.2 Å². The Morgan fingerprint density at radius 1 is 0.943 bits per heavy atom. The van der Waals surface area contributed by atoms with Gasteiger partial charge in [-0.15, -0.1) is 0 Å². The van der Waals surface area contributed by atoms with Crippen LogP contribution in [0.3, 0.4) is 0 Å². The average Bonchev–Trinajstić information content (AvgIpc) is 2.84. The van der Waals surface area contributed by atoms with Crippen molar-refractivity contribution in [3.05, 3.63) is 110 Å². The number of ether oxygens (including phenoxy) is 1. The molecular weight excluding hydrogens is 463 g/mol. The second-order valence-corrected chi connectivity index (χ2v) is 6.94.